The summed E-state index contributed by atoms with van der Waals surface area (Å²) in [5.74, 6) is 4.83. The molecule has 100 valence electrons. The van der Waals surface area contributed by atoms with Gasteiger partial charge in [0.05, 0.1) is 12.3 Å². The Bertz CT molecular complexity index is 578. The van der Waals surface area contributed by atoms with E-state index < -0.39 is 0 Å². The zero-order valence-corrected chi connectivity index (χ0v) is 11.6. The second kappa shape index (κ2) is 5.92. The number of methoxy groups -OCH3 is 1. The molecule has 19 heavy (non-hydrogen) atoms. The fourth-order valence-electron chi connectivity index (χ4n) is 1.65. The minimum atomic E-state index is -0.345. The van der Waals surface area contributed by atoms with Crippen molar-refractivity contribution in [3.8, 4) is 10.6 Å². The van der Waals surface area contributed by atoms with Crippen molar-refractivity contribution >= 4 is 17.2 Å². The summed E-state index contributed by atoms with van der Waals surface area (Å²) in [5, 5.41) is 0.783. The van der Waals surface area contributed by atoms with E-state index in [9.17, 15) is 4.79 Å². The van der Waals surface area contributed by atoms with Crippen LogP contribution in [0, 0.1) is 6.92 Å². The van der Waals surface area contributed by atoms with Gasteiger partial charge in [-0.2, -0.15) is 0 Å². The van der Waals surface area contributed by atoms with Crippen LogP contribution in [0.2, 0.25) is 0 Å². The van der Waals surface area contributed by atoms with E-state index in [2.05, 4.69) is 10.4 Å². The Labute approximate surface area is 115 Å². The van der Waals surface area contributed by atoms with Gasteiger partial charge in [-0.1, -0.05) is 29.8 Å². The molecule has 1 heterocycles. The first kappa shape index (κ1) is 13.7. The van der Waals surface area contributed by atoms with E-state index in [1.54, 1.807) is 7.11 Å². The van der Waals surface area contributed by atoms with E-state index in [1.807, 2.05) is 31.2 Å². The summed E-state index contributed by atoms with van der Waals surface area (Å²) in [4.78, 5) is 16.6. The summed E-state index contributed by atoms with van der Waals surface area (Å²) >= 11 is 1.31. The Morgan fingerprint density at radius 3 is 2.68 bits per heavy atom. The number of hydrazine groups is 1. The Morgan fingerprint density at radius 2 is 2.11 bits per heavy atom. The smallest absolute Gasteiger partial charge is 0.277 e. The van der Waals surface area contributed by atoms with Crippen molar-refractivity contribution in [1.82, 2.24) is 10.4 Å². The van der Waals surface area contributed by atoms with Crippen molar-refractivity contribution in [1.29, 1.82) is 0 Å². The van der Waals surface area contributed by atoms with E-state index in [1.165, 1.54) is 16.9 Å². The molecule has 0 fully saturated rings. The lowest BCUT2D eigenvalue weighted by molar-refractivity contribution is 0.0952. The highest BCUT2D eigenvalue weighted by Gasteiger charge is 2.17. The van der Waals surface area contributed by atoms with Gasteiger partial charge >= 0.3 is 0 Å². The molecule has 0 bridgehead atoms. The van der Waals surface area contributed by atoms with E-state index >= 15 is 0 Å². The van der Waals surface area contributed by atoms with Gasteiger partial charge in [0.2, 0.25) is 0 Å². The van der Waals surface area contributed by atoms with Crippen LogP contribution in [0.1, 0.15) is 20.9 Å². The molecule has 2 rings (SSSR count). The molecular weight excluding hydrogens is 262 g/mol. The molecule has 0 spiro atoms. The third kappa shape index (κ3) is 2.98. The molecule has 1 aromatic carbocycles. The minimum absolute atomic E-state index is 0.283. The van der Waals surface area contributed by atoms with Crippen LogP contribution in [0.4, 0.5) is 0 Å². The number of carbonyl (C=O) groups excluding carboxylic acids is 1. The number of carbonyl (C=O) groups is 1. The van der Waals surface area contributed by atoms with E-state index in [4.69, 9.17) is 10.6 Å². The number of benzene rings is 1. The number of aryl methyl sites for hydroxylation is 1. The van der Waals surface area contributed by atoms with Gasteiger partial charge in [0.25, 0.3) is 5.91 Å². The van der Waals surface area contributed by atoms with Gasteiger partial charge in [0, 0.05) is 12.7 Å². The molecule has 6 heteroatoms. The average Bonchev–Trinajstić information content (AvgIpc) is 2.83. The first-order valence-electron chi connectivity index (χ1n) is 5.72. The van der Waals surface area contributed by atoms with Crippen molar-refractivity contribution in [2.24, 2.45) is 5.84 Å². The van der Waals surface area contributed by atoms with Gasteiger partial charge in [-0.25, -0.2) is 10.8 Å². The standard InChI is InChI=1S/C13H15N3O2S/c1-8-3-5-9(6-4-8)13-15-10(7-18-2)11(19-13)12(17)16-14/h3-6H,7,14H2,1-2H3,(H,16,17). The number of nitrogens with two attached hydrogens (primary N) is 1. The van der Waals surface area contributed by atoms with Crippen molar-refractivity contribution < 1.29 is 9.53 Å². The second-order valence-electron chi connectivity index (χ2n) is 4.07. The van der Waals surface area contributed by atoms with Crippen LogP contribution in [-0.4, -0.2) is 18.0 Å². The van der Waals surface area contributed by atoms with Crippen LogP contribution in [0.3, 0.4) is 0 Å². The zero-order valence-electron chi connectivity index (χ0n) is 10.8. The lowest BCUT2D eigenvalue weighted by Gasteiger charge is -1.98. The van der Waals surface area contributed by atoms with Crippen molar-refractivity contribution in [2.45, 2.75) is 13.5 Å². The molecule has 0 saturated carbocycles. The Hall–Kier alpha value is -1.76. The second-order valence-corrected chi connectivity index (χ2v) is 5.07. The molecule has 0 aliphatic rings. The topological polar surface area (TPSA) is 77.2 Å². The van der Waals surface area contributed by atoms with Crippen molar-refractivity contribution in [2.75, 3.05) is 7.11 Å². The lowest BCUT2D eigenvalue weighted by atomic mass is 10.2. The number of aromatic nitrogens is 1. The molecule has 0 aliphatic carbocycles. The summed E-state index contributed by atoms with van der Waals surface area (Å²) < 4.78 is 5.05. The Morgan fingerprint density at radius 1 is 1.42 bits per heavy atom. The number of rotatable bonds is 4. The number of hydrogen-bond donors (Lipinski definition) is 2. The molecule has 1 amide bonds. The number of thiazole rings is 1. The number of hydrogen-bond acceptors (Lipinski definition) is 5. The van der Waals surface area contributed by atoms with Crippen LogP contribution in [0.25, 0.3) is 10.6 Å². The quantitative estimate of drug-likeness (QED) is 0.508. The molecule has 0 unspecified atom stereocenters. The minimum Gasteiger partial charge on any atom is -0.378 e. The normalized spacial score (nSPS) is 10.5. The predicted molar refractivity (Wildman–Crippen MR) is 74.7 cm³/mol. The average molecular weight is 277 g/mol. The summed E-state index contributed by atoms with van der Waals surface area (Å²) in [5.41, 5.74) is 4.89. The highest BCUT2D eigenvalue weighted by atomic mass is 32.1. The third-order valence-electron chi connectivity index (χ3n) is 2.61. The van der Waals surface area contributed by atoms with E-state index in [-0.39, 0.29) is 12.5 Å². The van der Waals surface area contributed by atoms with Crippen molar-refractivity contribution in [3.05, 3.63) is 40.4 Å². The maximum Gasteiger partial charge on any atom is 0.277 e. The van der Waals surface area contributed by atoms with Gasteiger partial charge < -0.3 is 4.74 Å². The number of amides is 1. The SMILES string of the molecule is COCc1nc(-c2ccc(C)cc2)sc1C(=O)NN. The van der Waals surface area contributed by atoms with Crippen LogP contribution in [0.5, 0.6) is 0 Å². The van der Waals surface area contributed by atoms with Crippen LogP contribution >= 0.6 is 11.3 Å². The first-order chi connectivity index (χ1) is 9.15. The van der Waals surface area contributed by atoms with Gasteiger partial charge in [0.1, 0.15) is 9.88 Å². The molecule has 0 radical (unpaired) electrons. The highest BCUT2D eigenvalue weighted by molar-refractivity contribution is 7.17. The molecule has 5 nitrogen and oxygen atoms in total. The largest absolute Gasteiger partial charge is 0.378 e. The van der Waals surface area contributed by atoms with E-state index in [0.717, 1.165) is 10.6 Å². The summed E-state index contributed by atoms with van der Waals surface area (Å²) in [6.07, 6.45) is 0. The first-order valence-corrected chi connectivity index (χ1v) is 6.54. The molecule has 0 saturated heterocycles. The highest BCUT2D eigenvalue weighted by Crippen LogP contribution is 2.28. The Kier molecular flexibility index (Phi) is 4.26. The van der Waals surface area contributed by atoms with Crippen LogP contribution in [0.15, 0.2) is 24.3 Å². The summed E-state index contributed by atoms with van der Waals surface area (Å²) in [7, 11) is 1.56. The fraction of sp³-hybridized carbons (Fsp3) is 0.231. The lowest BCUT2D eigenvalue weighted by Crippen LogP contribution is -2.30. The van der Waals surface area contributed by atoms with Crippen LogP contribution < -0.4 is 11.3 Å². The van der Waals surface area contributed by atoms with Crippen LogP contribution in [-0.2, 0) is 11.3 Å². The predicted octanol–water partition coefficient (Wildman–Crippen LogP) is 1.87. The zero-order chi connectivity index (χ0) is 13.8. The third-order valence-corrected chi connectivity index (χ3v) is 3.76. The monoisotopic (exact) mass is 277 g/mol. The summed E-state index contributed by atoms with van der Waals surface area (Å²) in [6, 6.07) is 7.98. The number of nitrogens with one attached hydrogen (secondary N) is 1. The maximum atomic E-state index is 11.7. The van der Waals surface area contributed by atoms with Gasteiger partial charge in [-0.15, -0.1) is 11.3 Å². The molecule has 0 atom stereocenters. The maximum absolute atomic E-state index is 11.7. The summed E-state index contributed by atoms with van der Waals surface area (Å²) in [6.45, 7) is 2.31. The van der Waals surface area contributed by atoms with Gasteiger partial charge in [-0.3, -0.25) is 10.2 Å². The Balaban J connectivity index is 2.41. The molecule has 3 N–H and O–H groups in total. The van der Waals surface area contributed by atoms with E-state index in [0.29, 0.717) is 10.6 Å². The number of nitrogens with zero attached hydrogens (tertiary/aromatic N) is 1. The number of ether oxygens (including phenoxy) is 1. The molecule has 0 aliphatic heterocycles. The number of nitrogen functional groups attached to an aromatic ring is 1. The van der Waals surface area contributed by atoms with Gasteiger partial charge in [-0.05, 0) is 6.92 Å². The molecular formula is C13H15N3O2S. The molecule has 1 aromatic heterocycles. The van der Waals surface area contributed by atoms with Gasteiger partial charge in [0.15, 0.2) is 0 Å². The van der Waals surface area contributed by atoms with Crippen molar-refractivity contribution in [3.63, 3.8) is 0 Å². The molecule has 2 aromatic rings. The fourth-order valence-corrected chi connectivity index (χ4v) is 2.63.